The summed E-state index contributed by atoms with van der Waals surface area (Å²) in [5.74, 6) is -0.960. The summed E-state index contributed by atoms with van der Waals surface area (Å²) in [6.07, 6.45) is 1.96. The first-order chi connectivity index (χ1) is 28.7. The molecule has 4 N–H and O–H groups in total. The lowest BCUT2D eigenvalue weighted by atomic mass is 9.83. The predicted octanol–water partition coefficient (Wildman–Crippen LogP) is 5.38. The second kappa shape index (κ2) is 18.9. The molecule has 15 nitrogen and oxygen atoms in total. The number of carbonyl (C=O) groups is 6. The number of hydrogen-bond donors (Lipinski definition) is 4. The van der Waals surface area contributed by atoms with Crippen molar-refractivity contribution in [2.75, 3.05) is 37.9 Å². The fourth-order valence-corrected chi connectivity index (χ4v) is 8.40. The third-order valence-corrected chi connectivity index (χ3v) is 11.6. The summed E-state index contributed by atoms with van der Waals surface area (Å²) in [7, 11) is 2.48. The Morgan fingerprint density at radius 1 is 0.700 bits per heavy atom. The maximum absolute atomic E-state index is 13.7. The van der Waals surface area contributed by atoms with Crippen LogP contribution in [0.5, 0.6) is 5.75 Å². The third kappa shape index (κ3) is 9.67. The number of anilines is 2. The van der Waals surface area contributed by atoms with Gasteiger partial charge in [0.25, 0.3) is 0 Å². The van der Waals surface area contributed by atoms with Gasteiger partial charge in [-0.3, -0.25) is 19.2 Å². The molecular formula is C45H56N6O9. The van der Waals surface area contributed by atoms with Crippen molar-refractivity contribution in [3.05, 3.63) is 89.5 Å². The molecule has 15 heteroatoms. The fraction of sp³-hybridized carbons (Fsp3) is 0.467. The summed E-state index contributed by atoms with van der Waals surface area (Å²) in [6.45, 7) is 8.14. The zero-order valence-electron chi connectivity index (χ0n) is 35.1. The normalized spacial score (nSPS) is 20.5. The van der Waals surface area contributed by atoms with Gasteiger partial charge in [0.05, 0.1) is 14.2 Å². The second-order valence-electron chi connectivity index (χ2n) is 16.4. The van der Waals surface area contributed by atoms with E-state index in [2.05, 4.69) is 21.3 Å². The highest BCUT2D eigenvalue weighted by atomic mass is 16.5. The van der Waals surface area contributed by atoms with Gasteiger partial charge < -0.3 is 45.3 Å². The lowest BCUT2D eigenvalue weighted by molar-refractivity contribution is -0.139. The van der Waals surface area contributed by atoms with Gasteiger partial charge in [0.15, 0.2) is 0 Å². The van der Waals surface area contributed by atoms with Crippen LogP contribution < -0.4 is 26.0 Å². The molecule has 320 valence electrons. The monoisotopic (exact) mass is 824 g/mol. The molecule has 0 bridgehead atoms. The van der Waals surface area contributed by atoms with Crippen LogP contribution in [-0.2, 0) is 47.1 Å². The summed E-state index contributed by atoms with van der Waals surface area (Å²) in [4.78, 5) is 81.3. The highest BCUT2D eigenvalue weighted by molar-refractivity contribution is 5.99. The van der Waals surface area contributed by atoms with Gasteiger partial charge in [-0.15, -0.1) is 0 Å². The summed E-state index contributed by atoms with van der Waals surface area (Å²) >= 11 is 0. The average molecular weight is 825 g/mol. The first-order valence-electron chi connectivity index (χ1n) is 20.6. The van der Waals surface area contributed by atoms with Gasteiger partial charge >= 0.3 is 12.2 Å². The first kappa shape index (κ1) is 43.5. The number of hydrogen-bond acceptors (Lipinski definition) is 9. The van der Waals surface area contributed by atoms with E-state index in [0.29, 0.717) is 68.7 Å². The van der Waals surface area contributed by atoms with Crippen LogP contribution in [0.4, 0.5) is 21.0 Å². The Bertz CT molecular complexity index is 2060. The Balaban J connectivity index is 1.13. The first-order valence-corrected chi connectivity index (χ1v) is 20.6. The van der Waals surface area contributed by atoms with Crippen molar-refractivity contribution in [3.63, 3.8) is 0 Å². The molecule has 0 aliphatic carbocycles. The minimum Gasteiger partial charge on any atom is -0.482 e. The summed E-state index contributed by atoms with van der Waals surface area (Å²) in [5, 5.41) is 11.2. The van der Waals surface area contributed by atoms with Gasteiger partial charge in [-0.2, -0.15) is 0 Å². The standard InChI is InChI=1S/C45H56N6O9/c1-27(2)37(48-43(56)58-5)41(54)50-22-10-14-34(50)39(52)46-32-18-16-29(17-19-32)25-45(31-12-8-7-9-13-31)26-30-24-33(20-21-36(30)60-45)47-40(53)35-15-11-23-51(35)42(55)38(28(3)4)49-44(57)59-6/h7-9,12-13,16-21,24,27-28,34-35,37-38H,10-11,14-15,22-23,25-26H2,1-6H3,(H,46,52)(H,47,53)(H,48,56)(H,49,57). The average Bonchev–Trinajstić information content (AvgIpc) is 4.02. The van der Waals surface area contributed by atoms with Crippen LogP contribution in [0.3, 0.4) is 0 Å². The molecule has 2 saturated heterocycles. The van der Waals surface area contributed by atoms with Crippen LogP contribution in [0.1, 0.15) is 70.1 Å². The number of nitrogens with one attached hydrogen (secondary N) is 4. The molecule has 3 heterocycles. The van der Waals surface area contributed by atoms with Crippen molar-refractivity contribution in [1.82, 2.24) is 20.4 Å². The van der Waals surface area contributed by atoms with Gasteiger partial charge in [-0.05, 0) is 79.0 Å². The van der Waals surface area contributed by atoms with Gasteiger partial charge in [-0.1, -0.05) is 70.2 Å². The minimum absolute atomic E-state index is 0.207. The van der Waals surface area contributed by atoms with Crippen LogP contribution in [0, 0.1) is 11.8 Å². The molecule has 3 aliphatic heterocycles. The zero-order valence-corrected chi connectivity index (χ0v) is 35.1. The zero-order chi connectivity index (χ0) is 43.1. The Labute approximate surface area is 350 Å². The Kier molecular flexibility index (Phi) is 13.7. The van der Waals surface area contributed by atoms with E-state index in [0.717, 1.165) is 16.7 Å². The van der Waals surface area contributed by atoms with E-state index in [9.17, 15) is 28.8 Å². The minimum atomic E-state index is -0.828. The van der Waals surface area contributed by atoms with Gasteiger partial charge in [0.2, 0.25) is 23.6 Å². The van der Waals surface area contributed by atoms with Crippen LogP contribution in [-0.4, -0.2) is 97.1 Å². The van der Waals surface area contributed by atoms with E-state index in [1.165, 1.54) is 14.2 Å². The number of likely N-dealkylation sites (tertiary alicyclic amines) is 2. The van der Waals surface area contributed by atoms with Crippen LogP contribution in [0.25, 0.3) is 0 Å². The lowest BCUT2D eigenvalue weighted by Crippen LogP contribution is -2.54. The van der Waals surface area contributed by atoms with Crippen LogP contribution in [0.2, 0.25) is 0 Å². The molecule has 3 aromatic rings. The van der Waals surface area contributed by atoms with Crippen molar-refractivity contribution in [2.45, 2.75) is 96.0 Å². The molecule has 0 spiro atoms. The highest BCUT2D eigenvalue weighted by Crippen LogP contribution is 2.44. The highest BCUT2D eigenvalue weighted by Gasteiger charge is 2.43. The second-order valence-corrected chi connectivity index (χ2v) is 16.4. The topological polar surface area (TPSA) is 185 Å². The summed E-state index contributed by atoms with van der Waals surface area (Å²) in [6, 6.07) is 20.1. The number of ether oxygens (including phenoxy) is 3. The molecular weight excluding hydrogens is 769 g/mol. The number of alkyl carbamates (subject to hydrolysis) is 2. The molecule has 6 amide bonds. The summed E-state index contributed by atoms with van der Waals surface area (Å²) in [5.41, 5.74) is 3.27. The SMILES string of the molecule is COC(=O)NC(C(=O)N1CCCC1C(=O)Nc1ccc(CC2(c3ccccc3)Cc3cc(NC(=O)C4CCCN4C(=O)C(NC(=O)OC)C(C)C)ccc3O2)cc1)C(C)C. The van der Waals surface area contributed by atoms with E-state index >= 15 is 0 Å². The number of amides is 6. The Morgan fingerprint density at radius 3 is 1.70 bits per heavy atom. The Morgan fingerprint density at radius 2 is 1.20 bits per heavy atom. The molecule has 60 heavy (non-hydrogen) atoms. The van der Waals surface area contributed by atoms with Gasteiger partial charge in [-0.25, -0.2) is 9.59 Å². The quantitative estimate of drug-likeness (QED) is 0.176. The summed E-state index contributed by atoms with van der Waals surface area (Å²) < 4.78 is 16.2. The molecule has 2 fully saturated rings. The largest absolute Gasteiger partial charge is 0.482 e. The number of methoxy groups -OCH3 is 2. The third-order valence-electron chi connectivity index (χ3n) is 11.6. The van der Waals surface area contributed by atoms with E-state index in [-0.39, 0.29) is 35.5 Å². The van der Waals surface area contributed by atoms with Crippen molar-refractivity contribution in [1.29, 1.82) is 0 Å². The number of rotatable bonds is 13. The van der Waals surface area contributed by atoms with E-state index in [4.69, 9.17) is 14.2 Å². The number of nitrogens with zero attached hydrogens (tertiary/aromatic N) is 2. The van der Waals surface area contributed by atoms with Crippen molar-refractivity contribution < 1.29 is 43.0 Å². The fourth-order valence-electron chi connectivity index (χ4n) is 8.40. The van der Waals surface area contributed by atoms with Crippen LogP contribution in [0.15, 0.2) is 72.8 Å². The molecule has 5 atom stereocenters. The lowest BCUT2D eigenvalue weighted by Gasteiger charge is -2.30. The van der Waals surface area contributed by atoms with Crippen molar-refractivity contribution in [2.24, 2.45) is 11.8 Å². The molecule has 0 radical (unpaired) electrons. The molecule has 0 aromatic heterocycles. The Hall–Kier alpha value is -6.12. The number of carbonyl (C=O) groups excluding carboxylic acids is 6. The number of fused-ring (bicyclic) bond motifs is 1. The number of benzene rings is 3. The van der Waals surface area contributed by atoms with E-state index in [1.54, 1.807) is 15.9 Å². The van der Waals surface area contributed by atoms with Crippen molar-refractivity contribution in [3.8, 4) is 5.75 Å². The van der Waals surface area contributed by atoms with Gasteiger partial charge in [0, 0.05) is 42.9 Å². The van der Waals surface area contributed by atoms with E-state index < -0.39 is 42.0 Å². The molecule has 5 unspecified atom stereocenters. The molecule has 0 saturated carbocycles. The maximum Gasteiger partial charge on any atom is 0.407 e. The van der Waals surface area contributed by atoms with Gasteiger partial charge in [0.1, 0.15) is 35.5 Å². The van der Waals surface area contributed by atoms with E-state index in [1.807, 2.05) is 94.4 Å². The van der Waals surface area contributed by atoms with Crippen LogP contribution >= 0.6 is 0 Å². The molecule has 3 aliphatic rings. The smallest absolute Gasteiger partial charge is 0.407 e. The maximum atomic E-state index is 13.7. The molecule has 3 aromatic carbocycles. The van der Waals surface area contributed by atoms with Crippen molar-refractivity contribution >= 4 is 47.2 Å². The molecule has 6 rings (SSSR count). The predicted molar refractivity (Wildman–Crippen MR) is 224 cm³/mol.